The first-order valence-corrected chi connectivity index (χ1v) is 4.77. The number of hydrogen-bond acceptors (Lipinski definition) is 2. The molecular formula is C11H14ClNO. The maximum atomic E-state index is 5.99. The molecule has 1 rings (SSSR count). The molecular weight excluding hydrogens is 198 g/mol. The summed E-state index contributed by atoms with van der Waals surface area (Å²) >= 11 is 5.99. The third kappa shape index (κ3) is 2.50. The Balaban J connectivity index is 3.08. The van der Waals surface area contributed by atoms with Crippen molar-refractivity contribution in [1.29, 1.82) is 0 Å². The maximum Gasteiger partial charge on any atom is 0.137 e. The highest BCUT2D eigenvalue weighted by Crippen LogP contribution is 2.28. The fourth-order valence-corrected chi connectivity index (χ4v) is 1.45. The molecule has 0 fully saturated rings. The smallest absolute Gasteiger partial charge is 0.137 e. The molecule has 3 heteroatoms. The molecule has 0 saturated carbocycles. The molecule has 1 aromatic carbocycles. The molecule has 0 unspecified atom stereocenters. The van der Waals surface area contributed by atoms with Gasteiger partial charge in [-0.1, -0.05) is 23.8 Å². The van der Waals surface area contributed by atoms with Gasteiger partial charge in [0.25, 0.3) is 0 Å². The van der Waals surface area contributed by atoms with E-state index in [4.69, 9.17) is 22.1 Å². The predicted molar refractivity (Wildman–Crippen MR) is 60.8 cm³/mol. The number of halogens is 1. The lowest BCUT2D eigenvalue weighted by atomic mass is 10.1. The SMILES string of the molecule is COc1cc(C)c(/C=C/CN)cc1Cl. The lowest BCUT2D eigenvalue weighted by molar-refractivity contribution is 0.414. The van der Waals surface area contributed by atoms with Gasteiger partial charge in [-0.15, -0.1) is 0 Å². The summed E-state index contributed by atoms with van der Waals surface area (Å²) in [5.74, 6) is 0.703. The molecule has 0 aliphatic heterocycles. The van der Waals surface area contributed by atoms with Crippen LogP contribution in [0.4, 0.5) is 0 Å². The Morgan fingerprint density at radius 2 is 2.21 bits per heavy atom. The van der Waals surface area contributed by atoms with Crippen molar-refractivity contribution < 1.29 is 4.74 Å². The normalized spacial score (nSPS) is 10.9. The van der Waals surface area contributed by atoms with Crippen LogP contribution in [-0.4, -0.2) is 13.7 Å². The molecule has 0 aliphatic carbocycles. The average Bonchev–Trinajstić information content (AvgIpc) is 2.18. The first-order valence-electron chi connectivity index (χ1n) is 4.39. The Bertz CT molecular complexity index is 347. The standard InChI is InChI=1S/C11H14ClNO/c1-8-6-11(14-2)10(12)7-9(8)4-3-5-13/h3-4,6-7H,5,13H2,1-2H3/b4-3+. The van der Waals surface area contributed by atoms with Gasteiger partial charge in [0.1, 0.15) is 5.75 Å². The summed E-state index contributed by atoms with van der Waals surface area (Å²) in [6, 6.07) is 3.79. The number of methoxy groups -OCH3 is 1. The molecule has 0 saturated heterocycles. The largest absolute Gasteiger partial charge is 0.495 e. The Kier molecular flexibility index (Phi) is 3.98. The highest BCUT2D eigenvalue weighted by molar-refractivity contribution is 6.32. The molecule has 0 aliphatic rings. The molecule has 0 aromatic heterocycles. The molecule has 0 heterocycles. The van der Waals surface area contributed by atoms with Gasteiger partial charge in [0.05, 0.1) is 12.1 Å². The number of aryl methyl sites for hydroxylation is 1. The van der Waals surface area contributed by atoms with Crippen molar-refractivity contribution in [2.75, 3.05) is 13.7 Å². The van der Waals surface area contributed by atoms with E-state index in [1.54, 1.807) is 7.11 Å². The summed E-state index contributed by atoms with van der Waals surface area (Å²) in [6.07, 6.45) is 3.85. The number of rotatable bonds is 3. The van der Waals surface area contributed by atoms with Crippen molar-refractivity contribution in [2.24, 2.45) is 5.73 Å². The molecule has 0 amide bonds. The van der Waals surface area contributed by atoms with Gasteiger partial charge in [-0.3, -0.25) is 0 Å². The molecule has 0 atom stereocenters. The zero-order chi connectivity index (χ0) is 10.6. The van der Waals surface area contributed by atoms with Crippen molar-refractivity contribution >= 4 is 17.7 Å². The van der Waals surface area contributed by atoms with E-state index in [1.807, 2.05) is 31.2 Å². The highest BCUT2D eigenvalue weighted by atomic mass is 35.5. The number of nitrogens with two attached hydrogens (primary N) is 1. The maximum absolute atomic E-state index is 5.99. The van der Waals surface area contributed by atoms with Gasteiger partial charge in [-0.05, 0) is 30.2 Å². The van der Waals surface area contributed by atoms with Gasteiger partial charge >= 0.3 is 0 Å². The van der Waals surface area contributed by atoms with Crippen LogP contribution < -0.4 is 10.5 Å². The molecule has 0 bridgehead atoms. The molecule has 1 aromatic rings. The number of hydrogen-bond donors (Lipinski definition) is 1. The first kappa shape index (κ1) is 11.1. The lowest BCUT2D eigenvalue weighted by Gasteiger charge is -2.06. The summed E-state index contributed by atoms with van der Waals surface area (Å²) in [5.41, 5.74) is 7.57. The third-order valence-corrected chi connectivity index (χ3v) is 2.27. The third-order valence-electron chi connectivity index (χ3n) is 1.97. The van der Waals surface area contributed by atoms with E-state index in [-0.39, 0.29) is 0 Å². The van der Waals surface area contributed by atoms with E-state index in [0.717, 1.165) is 11.1 Å². The monoisotopic (exact) mass is 211 g/mol. The van der Waals surface area contributed by atoms with Crippen LogP contribution in [0.1, 0.15) is 11.1 Å². The van der Waals surface area contributed by atoms with E-state index in [2.05, 4.69) is 0 Å². The number of benzene rings is 1. The second-order valence-corrected chi connectivity index (χ2v) is 3.39. The van der Waals surface area contributed by atoms with Crippen molar-refractivity contribution in [2.45, 2.75) is 6.92 Å². The average molecular weight is 212 g/mol. The van der Waals surface area contributed by atoms with Crippen LogP contribution in [0.25, 0.3) is 6.08 Å². The Hall–Kier alpha value is -0.990. The van der Waals surface area contributed by atoms with Gasteiger partial charge < -0.3 is 10.5 Å². The Morgan fingerprint density at radius 3 is 2.79 bits per heavy atom. The van der Waals surface area contributed by atoms with Crippen LogP contribution in [0.2, 0.25) is 5.02 Å². The summed E-state index contributed by atoms with van der Waals surface area (Å²) in [6.45, 7) is 2.54. The predicted octanol–water partition coefficient (Wildman–Crippen LogP) is 2.63. The molecule has 14 heavy (non-hydrogen) atoms. The van der Waals surface area contributed by atoms with Crippen LogP contribution in [0, 0.1) is 6.92 Å². The first-order chi connectivity index (χ1) is 6.69. The minimum Gasteiger partial charge on any atom is -0.495 e. The lowest BCUT2D eigenvalue weighted by Crippen LogP contribution is -1.93. The van der Waals surface area contributed by atoms with E-state index >= 15 is 0 Å². The zero-order valence-electron chi connectivity index (χ0n) is 8.38. The minimum absolute atomic E-state index is 0.531. The van der Waals surface area contributed by atoms with Gasteiger partial charge in [-0.25, -0.2) is 0 Å². The summed E-state index contributed by atoms with van der Waals surface area (Å²) in [4.78, 5) is 0. The summed E-state index contributed by atoms with van der Waals surface area (Å²) in [7, 11) is 1.61. The van der Waals surface area contributed by atoms with Gasteiger partial charge in [-0.2, -0.15) is 0 Å². The van der Waals surface area contributed by atoms with Gasteiger partial charge in [0, 0.05) is 6.54 Å². The van der Waals surface area contributed by atoms with Crippen molar-refractivity contribution in [1.82, 2.24) is 0 Å². The highest BCUT2D eigenvalue weighted by Gasteiger charge is 2.03. The van der Waals surface area contributed by atoms with Gasteiger partial charge in [0.2, 0.25) is 0 Å². The molecule has 0 radical (unpaired) electrons. The van der Waals surface area contributed by atoms with Crippen molar-refractivity contribution in [3.8, 4) is 5.75 Å². The fraction of sp³-hybridized carbons (Fsp3) is 0.273. The van der Waals surface area contributed by atoms with Crippen LogP contribution >= 0.6 is 11.6 Å². The molecule has 2 nitrogen and oxygen atoms in total. The summed E-state index contributed by atoms with van der Waals surface area (Å²) < 4.78 is 5.10. The van der Waals surface area contributed by atoms with Crippen LogP contribution in [-0.2, 0) is 0 Å². The second-order valence-electron chi connectivity index (χ2n) is 2.98. The molecule has 76 valence electrons. The molecule has 0 spiro atoms. The van der Waals surface area contributed by atoms with Crippen LogP contribution in [0.15, 0.2) is 18.2 Å². The fourth-order valence-electron chi connectivity index (χ4n) is 1.20. The zero-order valence-corrected chi connectivity index (χ0v) is 9.14. The second kappa shape index (κ2) is 5.03. The topological polar surface area (TPSA) is 35.2 Å². The van der Waals surface area contributed by atoms with Crippen LogP contribution in [0.5, 0.6) is 5.75 Å². The Morgan fingerprint density at radius 1 is 1.50 bits per heavy atom. The minimum atomic E-state index is 0.531. The van der Waals surface area contributed by atoms with Gasteiger partial charge in [0.15, 0.2) is 0 Å². The Labute approximate surface area is 89.3 Å². The summed E-state index contributed by atoms with van der Waals surface area (Å²) in [5, 5.41) is 0.620. The quantitative estimate of drug-likeness (QED) is 0.834. The van der Waals surface area contributed by atoms with E-state index in [1.165, 1.54) is 0 Å². The number of ether oxygens (including phenoxy) is 1. The van der Waals surface area contributed by atoms with Crippen LogP contribution in [0.3, 0.4) is 0 Å². The van der Waals surface area contributed by atoms with Crippen molar-refractivity contribution in [3.05, 3.63) is 34.4 Å². The van der Waals surface area contributed by atoms with Crippen molar-refractivity contribution in [3.63, 3.8) is 0 Å². The van der Waals surface area contributed by atoms with E-state index in [0.29, 0.717) is 17.3 Å². The van der Waals surface area contributed by atoms with E-state index in [9.17, 15) is 0 Å². The van der Waals surface area contributed by atoms with E-state index < -0.39 is 0 Å². The molecule has 2 N–H and O–H groups in total.